The molecule has 2 fully saturated rings. The lowest BCUT2D eigenvalue weighted by Gasteiger charge is -2.32. The number of carbonyl (C=O) groups is 2. The third-order valence-corrected chi connectivity index (χ3v) is 8.39. The maximum Gasteiger partial charge on any atom is 0.271 e. The van der Waals surface area contributed by atoms with E-state index in [9.17, 15) is 24.5 Å². The van der Waals surface area contributed by atoms with Crippen LogP contribution in [0.4, 0.5) is 11.4 Å². The lowest BCUT2D eigenvalue weighted by Crippen LogP contribution is -2.50. The van der Waals surface area contributed by atoms with E-state index in [0.717, 1.165) is 4.90 Å². The largest absolute Gasteiger partial charge is 0.297 e. The summed E-state index contributed by atoms with van der Waals surface area (Å²) in [5.41, 5.74) is 0.285. The molecule has 4 atom stereocenters. The zero-order valence-corrected chi connectivity index (χ0v) is 21.8. The Hall–Kier alpha value is -4.70. The molecule has 2 saturated heterocycles. The van der Waals surface area contributed by atoms with E-state index >= 15 is 0 Å². The zero-order chi connectivity index (χ0) is 27.9. The SMILES string of the molecule is CC(C)C[C@H]1N[C@@]2(c3ccccc3-n3c2nc2ccccc2c3=O)[C@H]2C(=O)N(c3cccc([N+](=O)[O-])c3)C(=O)[C@@H]12. The smallest absolute Gasteiger partial charge is 0.271 e. The van der Waals surface area contributed by atoms with Gasteiger partial charge in [0, 0.05) is 23.7 Å². The number of carbonyl (C=O) groups excluding carboxylic acids is 2. The average molecular weight is 536 g/mol. The average Bonchev–Trinajstić information content (AvgIpc) is 3.51. The molecular formula is C30H25N5O5. The first-order valence-corrected chi connectivity index (χ1v) is 13.3. The number of para-hydroxylation sites is 2. The van der Waals surface area contributed by atoms with Crippen molar-refractivity contribution in [1.82, 2.24) is 14.9 Å². The Morgan fingerprint density at radius 1 is 1.00 bits per heavy atom. The molecule has 0 aliphatic carbocycles. The first kappa shape index (κ1) is 24.3. The van der Waals surface area contributed by atoms with Crippen molar-refractivity contribution >= 4 is 34.1 Å². The van der Waals surface area contributed by atoms with Crippen LogP contribution >= 0.6 is 0 Å². The summed E-state index contributed by atoms with van der Waals surface area (Å²) < 4.78 is 1.56. The van der Waals surface area contributed by atoms with Gasteiger partial charge >= 0.3 is 0 Å². The molecule has 10 nitrogen and oxygen atoms in total. The Labute approximate surface area is 228 Å². The van der Waals surface area contributed by atoms with Crippen LogP contribution in [0.1, 0.15) is 31.7 Å². The molecule has 0 unspecified atom stereocenters. The molecule has 2 amide bonds. The molecule has 3 aliphatic heterocycles. The van der Waals surface area contributed by atoms with Gasteiger partial charge in [0.05, 0.1) is 39.0 Å². The molecule has 200 valence electrons. The first-order valence-electron chi connectivity index (χ1n) is 13.3. The number of nitro benzene ring substituents is 1. The van der Waals surface area contributed by atoms with Crippen LogP contribution in [-0.4, -0.2) is 32.3 Å². The van der Waals surface area contributed by atoms with Gasteiger partial charge in [-0.2, -0.15) is 0 Å². The number of non-ortho nitro benzene ring substituents is 1. The Morgan fingerprint density at radius 3 is 2.52 bits per heavy atom. The van der Waals surface area contributed by atoms with Crippen molar-refractivity contribution in [3.8, 4) is 5.69 Å². The van der Waals surface area contributed by atoms with E-state index in [2.05, 4.69) is 5.32 Å². The zero-order valence-electron chi connectivity index (χ0n) is 21.8. The van der Waals surface area contributed by atoms with E-state index in [4.69, 9.17) is 4.98 Å². The Balaban J connectivity index is 1.50. The molecule has 0 bridgehead atoms. The topological polar surface area (TPSA) is 127 Å². The van der Waals surface area contributed by atoms with Crippen molar-refractivity contribution in [3.05, 3.63) is 105 Å². The molecule has 0 saturated carbocycles. The van der Waals surface area contributed by atoms with Crippen molar-refractivity contribution in [1.29, 1.82) is 0 Å². The second-order valence-corrected chi connectivity index (χ2v) is 11.1. The van der Waals surface area contributed by atoms with E-state index in [1.165, 1.54) is 24.3 Å². The van der Waals surface area contributed by atoms with Gasteiger partial charge in [0.25, 0.3) is 11.2 Å². The number of nitrogens with one attached hydrogen (secondary N) is 1. The Bertz CT molecular complexity index is 1830. The van der Waals surface area contributed by atoms with Crippen LogP contribution in [0, 0.1) is 27.9 Å². The summed E-state index contributed by atoms with van der Waals surface area (Å²) in [5, 5.41) is 15.6. The van der Waals surface area contributed by atoms with Crippen molar-refractivity contribution in [2.24, 2.45) is 17.8 Å². The maximum atomic E-state index is 14.4. The highest BCUT2D eigenvalue weighted by Crippen LogP contribution is 2.56. The normalized spacial score (nSPS) is 24.7. The summed E-state index contributed by atoms with van der Waals surface area (Å²) in [6.07, 6.45) is 0.602. The number of rotatable bonds is 4. The Kier molecular flexibility index (Phi) is 5.11. The monoisotopic (exact) mass is 535 g/mol. The highest BCUT2D eigenvalue weighted by atomic mass is 16.6. The molecule has 1 aromatic heterocycles. The van der Waals surface area contributed by atoms with E-state index in [1.54, 1.807) is 28.8 Å². The number of imide groups is 1. The van der Waals surface area contributed by atoms with Crippen molar-refractivity contribution in [2.75, 3.05) is 4.90 Å². The number of fused-ring (bicyclic) bond motifs is 8. The lowest BCUT2D eigenvalue weighted by molar-refractivity contribution is -0.384. The van der Waals surface area contributed by atoms with Crippen molar-refractivity contribution < 1.29 is 14.5 Å². The summed E-state index contributed by atoms with van der Waals surface area (Å²) in [7, 11) is 0. The van der Waals surface area contributed by atoms with Crippen LogP contribution in [0.5, 0.6) is 0 Å². The number of nitro groups is 1. The van der Waals surface area contributed by atoms with Crippen LogP contribution < -0.4 is 15.8 Å². The molecule has 4 heterocycles. The molecule has 40 heavy (non-hydrogen) atoms. The molecule has 0 radical (unpaired) electrons. The molecular weight excluding hydrogens is 510 g/mol. The third kappa shape index (κ3) is 3.07. The second kappa shape index (κ2) is 8.40. The van der Waals surface area contributed by atoms with Gasteiger partial charge in [-0.05, 0) is 36.6 Å². The number of hydrogen-bond acceptors (Lipinski definition) is 7. The fourth-order valence-corrected chi connectivity index (χ4v) is 6.93. The van der Waals surface area contributed by atoms with E-state index in [-0.39, 0.29) is 22.9 Å². The second-order valence-electron chi connectivity index (χ2n) is 11.1. The number of benzene rings is 3. The van der Waals surface area contributed by atoms with Crippen LogP contribution in [0.25, 0.3) is 16.6 Å². The highest BCUT2D eigenvalue weighted by molar-refractivity contribution is 6.23. The van der Waals surface area contributed by atoms with Crippen molar-refractivity contribution in [3.63, 3.8) is 0 Å². The summed E-state index contributed by atoms with van der Waals surface area (Å²) in [6, 6.07) is 19.7. The number of anilines is 1. The summed E-state index contributed by atoms with van der Waals surface area (Å²) >= 11 is 0. The standard InChI is InChI=1S/C30H25N5O5/c1-16(2)14-22-24-25(28(38)33(27(24)37)17-8-7-9-18(15-17)35(39)40)30(32-22)20-11-4-6-13-23(20)34-26(36)19-10-3-5-12-21(19)31-29(30)34/h3-13,15-16,22,24-25,32H,14H2,1-2H3/t22-,24+,25-,30+/m1/s1. The van der Waals surface area contributed by atoms with Crippen LogP contribution in [0.3, 0.4) is 0 Å². The molecule has 10 heteroatoms. The first-order chi connectivity index (χ1) is 19.2. The predicted octanol–water partition coefficient (Wildman–Crippen LogP) is 3.67. The molecule has 1 spiro atoms. The third-order valence-electron chi connectivity index (χ3n) is 8.39. The number of aromatic nitrogens is 2. The highest BCUT2D eigenvalue weighted by Gasteiger charge is 2.69. The molecule has 3 aromatic carbocycles. The predicted molar refractivity (Wildman–Crippen MR) is 147 cm³/mol. The van der Waals surface area contributed by atoms with Crippen LogP contribution in [0.2, 0.25) is 0 Å². The molecule has 3 aliphatic rings. The van der Waals surface area contributed by atoms with E-state index in [0.29, 0.717) is 34.4 Å². The minimum atomic E-state index is -1.24. The van der Waals surface area contributed by atoms with Crippen LogP contribution in [0.15, 0.2) is 77.6 Å². The molecule has 4 aromatic rings. The van der Waals surface area contributed by atoms with Crippen LogP contribution in [-0.2, 0) is 15.1 Å². The van der Waals surface area contributed by atoms with Gasteiger partial charge < -0.3 is 0 Å². The molecule has 7 rings (SSSR count). The fourth-order valence-electron chi connectivity index (χ4n) is 6.93. The number of hydrogen-bond donors (Lipinski definition) is 1. The van der Waals surface area contributed by atoms with E-state index in [1.807, 2.05) is 38.1 Å². The van der Waals surface area contributed by atoms with Gasteiger partial charge in [0.2, 0.25) is 11.8 Å². The van der Waals surface area contributed by atoms with Gasteiger partial charge in [0.15, 0.2) is 0 Å². The summed E-state index contributed by atoms with van der Waals surface area (Å²) in [5.74, 6) is -1.97. The van der Waals surface area contributed by atoms with Gasteiger partial charge in [-0.15, -0.1) is 0 Å². The van der Waals surface area contributed by atoms with Gasteiger partial charge in [0.1, 0.15) is 11.4 Å². The maximum absolute atomic E-state index is 14.4. The van der Waals surface area contributed by atoms with Gasteiger partial charge in [-0.3, -0.25) is 34.4 Å². The fraction of sp³-hybridized carbons (Fsp3) is 0.267. The summed E-state index contributed by atoms with van der Waals surface area (Å²) in [4.78, 5) is 59.4. The van der Waals surface area contributed by atoms with Gasteiger partial charge in [-0.1, -0.05) is 50.2 Å². The number of nitrogens with zero attached hydrogens (tertiary/aromatic N) is 4. The Morgan fingerprint density at radius 2 is 1.75 bits per heavy atom. The quantitative estimate of drug-likeness (QED) is 0.240. The summed E-state index contributed by atoms with van der Waals surface area (Å²) in [6.45, 7) is 4.10. The van der Waals surface area contributed by atoms with E-state index < -0.39 is 40.2 Å². The molecule has 1 N–H and O–H groups in total. The lowest BCUT2D eigenvalue weighted by atomic mass is 9.75. The van der Waals surface area contributed by atoms with Crippen molar-refractivity contribution in [2.45, 2.75) is 31.8 Å². The number of amides is 2. The minimum absolute atomic E-state index is 0.159. The van der Waals surface area contributed by atoms with Gasteiger partial charge in [-0.25, -0.2) is 9.88 Å². The minimum Gasteiger partial charge on any atom is -0.297 e.